The molecular weight excluding hydrogens is 252 g/mol. The highest BCUT2D eigenvalue weighted by molar-refractivity contribution is 6.31. The van der Waals surface area contributed by atoms with Gasteiger partial charge in [-0.2, -0.15) is 0 Å². The summed E-state index contributed by atoms with van der Waals surface area (Å²) in [7, 11) is 0. The normalized spacial score (nSPS) is 18.7. The number of hydrogen-bond acceptors (Lipinski definition) is 3. The predicted molar refractivity (Wildman–Crippen MR) is 68.8 cm³/mol. The molecule has 1 atom stereocenters. The minimum absolute atomic E-state index is 0.193. The van der Waals surface area contributed by atoms with Crippen molar-refractivity contribution in [3.63, 3.8) is 0 Å². The molecule has 3 nitrogen and oxygen atoms in total. The molecule has 1 aromatic carbocycles. The third kappa shape index (κ3) is 2.56. The van der Waals surface area contributed by atoms with E-state index >= 15 is 0 Å². The molecule has 0 heterocycles. The number of halogens is 1. The SMILES string of the molecule is CC(C)(C)OC(=O)C1Cc2ccc(Cl)cc2C1=O. The van der Waals surface area contributed by atoms with E-state index in [0.717, 1.165) is 5.56 Å². The Labute approximate surface area is 111 Å². The quantitative estimate of drug-likeness (QED) is 0.580. The van der Waals surface area contributed by atoms with Crippen LogP contribution in [0.15, 0.2) is 18.2 Å². The first-order chi connectivity index (χ1) is 8.28. The first-order valence-corrected chi connectivity index (χ1v) is 6.21. The molecule has 0 saturated heterocycles. The number of Topliss-reactive ketones (excluding diaryl/α,β-unsaturated/α-hetero) is 1. The molecular formula is C14H15ClO3. The summed E-state index contributed by atoms with van der Waals surface area (Å²) in [5.74, 6) is -1.38. The van der Waals surface area contributed by atoms with Crippen LogP contribution < -0.4 is 0 Å². The smallest absolute Gasteiger partial charge is 0.317 e. The molecule has 0 aromatic heterocycles. The van der Waals surface area contributed by atoms with Crippen LogP contribution in [0.4, 0.5) is 0 Å². The van der Waals surface area contributed by atoms with Crippen molar-refractivity contribution in [2.45, 2.75) is 32.8 Å². The van der Waals surface area contributed by atoms with Crippen molar-refractivity contribution in [1.82, 2.24) is 0 Å². The number of fused-ring (bicyclic) bond motifs is 1. The topological polar surface area (TPSA) is 43.4 Å². The summed E-state index contributed by atoms with van der Waals surface area (Å²) >= 11 is 5.85. The fourth-order valence-electron chi connectivity index (χ4n) is 2.02. The van der Waals surface area contributed by atoms with Crippen LogP contribution in [0.25, 0.3) is 0 Å². The Balaban J connectivity index is 2.21. The van der Waals surface area contributed by atoms with E-state index in [2.05, 4.69) is 0 Å². The minimum Gasteiger partial charge on any atom is -0.459 e. The highest BCUT2D eigenvalue weighted by Crippen LogP contribution is 2.30. The second kappa shape index (κ2) is 4.39. The molecule has 0 fully saturated rings. The molecule has 0 spiro atoms. The lowest BCUT2D eigenvalue weighted by Gasteiger charge is -2.21. The van der Waals surface area contributed by atoms with Crippen molar-refractivity contribution in [2.75, 3.05) is 0 Å². The van der Waals surface area contributed by atoms with Crippen LogP contribution in [0.1, 0.15) is 36.7 Å². The molecule has 2 rings (SSSR count). The monoisotopic (exact) mass is 266 g/mol. The number of carbonyl (C=O) groups is 2. The van der Waals surface area contributed by atoms with Gasteiger partial charge in [0, 0.05) is 10.6 Å². The number of rotatable bonds is 1. The molecule has 96 valence electrons. The van der Waals surface area contributed by atoms with Gasteiger partial charge in [0.25, 0.3) is 0 Å². The predicted octanol–water partition coefficient (Wildman–Crippen LogP) is 3.04. The lowest BCUT2D eigenvalue weighted by molar-refractivity contribution is -0.157. The van der Waals surface area contributed by atoms with Crippen LogP contribution in [0.5, 0.6) is 0 Å². The second-order valence-corrected chi connectivity index (χ2v) is 5.89. The summed E-state index contributed by atoms with van der Waals surface area (Å²) in [6.07, 6.45) is 0.403. The first kappa shape index (κ1) is 13.1. The maximum atomic E-state index is 12.1. The number of carbonyl (C=O) groups excluding carboxylic acids is 2. The van der Waals surface area contributed by atoms with Gasteiger partial charge in [0.1, 0.15) is 11.5 Å². The van der Waals surface area contributed by atoms with E-state index in [1.807, 2.05) is 0 Å². The Morgan fingerprint density at radius 1 is 1.39 bits per heavy atom. The van der Waals surface area contributed by atoms with Crippen molar-refractivity contribution in [2.24, 2.45) is 5.92 Å². The highest BCUT2D eigenvalue weighted by atomic mass is 35.5. The molecule has 1 aliphatic rings. The molecule has 0 saturated carbocycles. The zero-order valence-corrected chi connectivity index (χ0v) is 11.4. The summed E-state index contributed by atoms with van der Waals surface area (Å²) < 4.78 is 5.26. The van der Waals surface area contributed by atoms with E-state index in [0.29, 0.717) is 17.0 Å². The van der Waals surface area contributed by atoms with Gasteiger partial charge >= 0.3 is 5.97 Å². The third-order valence-electron chi connectivity index (χ3n) is 2.77. The van der Waals surface area contributed by atoms with Gasteiger partial charge in [-0.3, -0.25) is 9.59 Å². The van der Waals surface area contributed by atoms with Crippen LogP contribution >= 0.6 is 11.6 Å². The largest absolute Gasteiger partial charge is 0.459 e. The van der Waals surface area contributed by atoms with Gasteiger partial charge < -0.3 is 4.74 Å². The van der Waals surface area contributed by atoms with E-state index in [-0.39, 0.29) is 5.78 Å². The number of ketones is 1. The average molecular weight is 267 g/mol. The second-order valence-electron chi connectivity index (χ2n) is 5.46. The maximum Gasteiger partial charge on any atom is 0.317 e. The molecule has 1 aliphatic carbocycles. The summed E-state index contributed by atoms with van der Waals surface area (Å²) in [5, 5.41) is 0.506. The Kier molecular flexibility index (Phi) is 3.20. The number of benzene rings is 1. The van der Waals surface area contributed by atoms with Crippen LogP contribution in [-0.4, -0.2) is 17.4 Å². The van der Waals surface area contributed by atoms with Crippen LogP contribution in [0.3, 0.4) is 0 Å². The fraction of sp³-hybridized carbons (Fsp3) is 0.429. The Hall–Kier alpha value is -1.35. The maximum absolute atomic E-state index is 12.1. The molecule has 0 N–H and O–H groups in total. The van der Waals surface area contributed by atoms with Gasteiger partial charge in [-0.15, -0.1) is 0 Å². The number of hydrogen-bond donors (Lipinski definition) is 0. The van der Waals surface area contributed by atoms with E-state index in [1.54, 1.807) is 39.0 Å². The van der Waals surface area contributed by atoms with Crippen molar-refractivity contribution in [3.05, 3.63) is 34.3 Å². The van der Waals surface area contributed by atoms with E-state index in [9.17, 15) is 9.59 Å². The van der Waals surface area contributed by atoms with E-state index in [1.165, 1.54) is 0 Å². The molecule has 0 radical (unpaired) electrons. The minimum atomic E-state index is -0.724. The summed E-state index contributed by atoms with van der Waals surface area (Å²) in [5.41, 5.74) is 0.822. The van der Waals surface area contributed by atoms with Gasteiger partial charge in [-0.1, -0.05) is 17.7 Å². The Morgan fingerprint density at radius 3 is 2.67 bits per heavy atom. The molecule has 0 bridgehead atoms. The van der Waals surface area contributed by atoms with Crippen molar-refractivity contribution in [1.29, 1.82) is 0 Å². The van der Waals surface area contributed by atoms with Crippen molar-refractivity contribution < 1.29 is 14.3 Å². The molecule has 0 aliphatic heterocycles. The van der Waals surface area contributed by atoms with Crippen LogP contribution in [-0.2, 0) is 16.0 Å². The lowest BCUT2D eigenvalue weighted by Crippen LogP contribution is -2.31. The van der Waals surface area contributed by atoms with Crippen molar-refractivity contribution >= 4 is 23.4 Å². The molecule has 1 aromatic rings. The zero-order chi connectivity index (χ0) is 13.5. The summed E-state index contributed by atoms with van der Waals surface area (Å²) in [6, 6.07) is 5.13. The lowest BCUT2D eigenvalue weighted by atomic mass is 10.1. The van der Waals surface area contributed by atoms with Gasteiger partial charge in [0.2, 0.25) is 0 Å². The van der Waals surface area contributed by atoms with E-state index in [4.69, 9.17) is 16.3 Å². The summed E-state index contributed by atoms with van der Waals surface area (Å²) in [4.78, 5) is 24.1. The average Bonchev–Trinajstić information content (AvgIpc) is 2.54. The van der Waals surface area contributed by atoms with Gasteiger partial charge in [-0.25, -0.2) is 0 Å². The third-order valence-corrected chi connectivity index (χ3v) is 3.00. The first-order valence-electron chi connectivity index (χ1n) is 5.83. The van der Waals surface area contributed by atoms with Gasteiger partial charge in [0.15, 0.2) is 5.78 Å². The Morgan fingerprint density at radius 2 is 2.06 bits per heavy atom. The van der Waals surface area contributed by atoms with E-state index < -0.39 is 17.5 Å². The number of esters is 1. The zero-order valence-electron chi connectivity index (χ0n) is 10.6. The fourth-order valence-corrected chi connectivity index (χ4v) is 2.19. The van der Waals surface area contributed by atoms with Crippen LogP contribution in [0, 0.1) is 5.92 Å². The summed E-state index contributed by atoms with van der Waals surface area (Å²) in [6.45, 7) is 5.36. The Bertz CT molecular complexity index is 514. The van der Waals surface area contributed by atoms with Gasteiger partial charge in [-0.05, 0) is 44.9 Å². The van der Waals surface area contributed by atoms with Crippen molar-refractivity contribution in [3.8, 4) is 0 Å². The molecule has 4 heteroatoms. The molecule has 1 unspecified atom stereocenters. The number of ether oxygens (including phenoxy) is 1. The molecule has 0 amide bonds. The highest BCUT2D eigenvalue weighted by Gasteiger charge is 2.38. The molecule has 18 heavy (non-hydrogen) atoms. The van der Waals surface area contributed by atoms with Gasteiger partial charge in [0.05, 0.1) is 0 Å². The van der Waals surface area contributed by atoms with Crippen LogP contribution in [0.2, 0.25) is 5.02 Å². The standard InChI is InChI=1S/C14H15ClO3/c1-14(2,3)18-13(17)11-6-8-4-5-9(15)7-10(8)12(11)16/h4-5,7,11H,6H2,1-3H3.